The first-order valence-electron chi connectivity index (χ1n) is 7.78. The standard InChI is InChI=1S/C18H17ClN4OS/c1-3-11-7-5-9-13(21-11)22-18-23-15(16(25-18)17(20)24)14-10(2)6-4-8-12(14)19/h4-9H,3H2,1-2H3,(H2,20,24)(H,21,22,23). The van der Waals surface area contributed by atoms with Crippen molar-refractivity contribution in [3.63, 3.8) is 0 Å². The van der Waals surface area contributed by atoms with E-state index in [2.05, 4.69) is 15.3 Å². The number of hydrogen-bond donors (Lipinski definition) is 2. The van der Waals surface area contributed by atoms with Gasteiger partial charge in [-0.25, -0.2) is 9.97 Å². The minimum atomic E-state index is -0.532. The van der Waals surface area contributed by atoms with Gasteiger partial charge in [-0.15, -0.1) is 0 Å². The van der Waals surface area contributed by atoms with Crippen molar-refractivity contribution < 1.29 is 4.79 Å². The maximum absolute atomic E-state index is 11.9. The van der Waals surface area contributed by atoms with Gasteiger partial charge in [0.2, 0.25) is 0 Å². The summed E-state index contributed by atoms with van der Waals surface area (Å²) in [5, 5.41) is 4.23. The molecular formula is C18H17ClN4OS. The molecule has 3 aromatic rings. The van der Waals surface area contributed by atoms with Gasteiger partial charge in [0, 0.05) is 11.3 Å². The molecule has 0 aliphatic carbocycles. The summed E-state index contributed by atoms with van der Waals surface area (Å²) in [6.07, 6.45) is 0.837. The number of pyridine rings is 1. The van der Waals surface area contributed by atoms with Gasteiger partial charge in [0.15, 0.2) is 5.13 Å². The van der Waals surface area contributed by atoms with E-state index >= 15 is 0 Å². The number of thiazole rings is 1. The largest absolute Gasteiger partial charge is 0.365 e. The fourth-order valence-corrected chi connectivity index (χ4v) is 3.64. The lowest BCUT2D eigenvalue weighted by Crippen LogP contribution is -2.10. The number of nitrogens with one attached hydrogen (secondary N) is 1. The zero-order valence-electron chi connectivity index (χ0n) is 13.8. The van der Waals surface area contributed by atoms with E-state index in [9.17, 15) is 4.79 Å². The molecule has 25 heavy (non-hydrogen) atoms. The predicted octanol–water partition coefficient (Wildman–Crippen LogP) is 4.57. The van der Waals surface area contributed by atoms with E-state index in [4.69, 9.17) is 17.3 Å². The maximum Gasteiger partial charge on any atom is 0.261 e. The molecule has 3 rings (SSSR count). The molecular weight excluding hydrogens is 356 g/mol. The van der Waals surface area contributed by atoms with Crippen LogP contribution in [0.1, 0.15) is 27.9 Å². The van der Waals surface area contributed by atoms with Crippen LogP contribution in [0.5, 0.6) is 0 Å². The summed E-state index contributed by atoms with van der Waals surface area (Å²) in [6.45, 7) is 3.96. The number of carbonyl (C=O) groups is 1. The van der Waals surface area contributed by atoms with Gasteiger partial charge in [-0.2, -0.15) is 0 Å². The van der Waals surface area contributed by atoms with Crippen molar-refractivity contribution in [3.8, 4) is 11.3 Å². The number of primary amides is 1. The summed E-state index contributed by atoms with van der Waals surface area (Å²) in [5.41, 5.74) is 8.66. The lowest BCUT2D eigenvalue weighted by Gasteiger charge is -2.06. The second kappa shape index (κ2) is 7.21. The van der Waals surface area contributed by atoms with Gasteiger partial charge in [0.1, 0.15) is 10.7 Å². The van der Waals surface area contributed by atoms with E-state index in [0.717, 1.165) is 23.2 Å². The molecule has 2 aromatic heterocycles. The summed E-state index contributed by atoms with van der Waals surface area (Å²) >= 11 is 7.52. The molecule has 0 saturated heterocycles. The number of aromatic nitrogens is 2. The molecule has 1 amide bonds. The minimum absolute atomic E-state index is 0.366. The fraction of sp³-hybridized carbons (Fsp3) is 0.167. The zero-order valence-corrected chi connectivity index (χ0v) is 15.4. The van der Waals surface area contributed by atoms with Crippen LogP contribution < -0.4 is 11.1 Å². The Morgan fingerprint density at radius 2 is 2.00 bits per heavy atom. The molecule has 1 aromatic carbocycles. The Kier molecular flexibility index (Phi) is 5.01. The van der Waals surface area contributed by atoms with Gasteiger partial charge in [0.05, 0.1) is 10.7 Å². The van der Waals surface area contributed by atoms with Crippen LogP contribution in [-0.4, -0.2) is 15.9 Å². The van der Waals surface area contributed by atoms with Crippen LogP contribution in [0, 0.1) is 6.92 Å². The van der Waals surface area contributed by atoms with Gasteiger partial charge in [-0.05, 0) is 37.1 Å². The van der Waals surface area contributed by atoms with E-state index in [1.807, 2.05) is 44.2 Å². The van der Waals surface area contributed by atoms with Crippen LogP contribution in [0.3, 0.4) is 0 Å². The molecule has 0 aliphatic heterocycles. The zero-order chi connectivity index (χ0) is 18.0. The third-order valence-electron chi connectivity index (χ3n) is 3.71. The number of hydrogen-bond acceptors (Lipinski definition) is 5. The quantitative estimate of drug-likeness (QED) is 0.687. The highest BCUT2D eigenvalue weighted by Gasteiger charge is 2.21. The van der Waals surface area contributed by atoms with Crippen molar-refractivity contribution in [1.29, 1.82) is 0 Å². The third kappa shape index (κ3) is 3.65. The van der Waals surface area contributed by atoms with Crippen molar-refractivity contribution in [2.24, 2.45) is 5.73 Å². The number of benzene rings is 1. The molecule has 0 unspecified atom stereocenters. The number of halogens is 1. The number of nitrogens with two attached hydrogens (primary N) is 1. The molecule has 3 N–H and O–H groups in total. The first kappa shape index (κ1) is 17.4. The van der Waals surface area contributed by atoms with Gasteiger partial charge in [-0.3, -0.25) is 4.79 Å². The van der Waals surface area contributed by atoms with Crippen LogP contribution in [0.4, 0.5) is 10.9 Å². The van der Waals surface area contributed by atoms with Gasteiger partial charge in [-0.1, -0.05) is 48.1 Å². The monoisotopic (exact) mass is 372 g/mol. The molecule has 0 aliphatic rings. The Balaban J connectivity index is 2.05. The number of aryl methyl sites for hydroxylation is 2. The predicted molar refractivity (Wildman–Crippen MR) is 103 cm³/mol. The Morgan fingerprint density at radius 3 is 2.68 bits per heavy atom. The number of rotatable bonds is 5. The Bertz CT molecular complexity index is 918. The molecule has 128 valence electrons. The van der Waals surface area contributed by atoms with Gasteiger partial charge < -0.3 is 11.1 Å². The van der Waals surface area contributed by atoms with Crippen molar-refractivity contribution in [3.05, 3.63) is 57.6 Å². The first-order chi connectivity index (χ1) is 12.0. The van der Waals surface area contributed by atoms with Crippen LogP contribution in [0.15, 0.2) is 36.4 Å². The Hall–Kier alpha value is -2.44. The maximum atomic E-state index is 11.9. The highest BCUT2D eigenvalue weighted by Crippen LogP contribution is 2.37. The second-order valence-electron chi connectivity index (χ2n) is 5.49. The topological polar surface area (TPSA) is 80.9 Å². The second-order valence-corrected chi connectivity index (χ2v) is 6.89. The molecule has 0 spiro atoms. The van der Waals surface area contributed by atoms with Crippen molar-refractivity contribution in [1.82, 2.24) is 9.97 Å². The summed E-state index contributed by atoms with van der Waals surface area (Å²) < 4.78 is 0. The fourth-order valence-electron chi connectivity index (χ4n) is 2.50. The molecule has 0 bridgehead atoms. The molecule has 5 nitrogen and oxygen atoms in total. The molecule has 2 heterocycles. The van der Waals surface area contributed by atoms with Crippen LogP contribution >= 0.6 is 22.9 Å². The number of anilines is 2. The summed E-state index contributed by atoms with van der Waals surface area (Å²) in [5.74, 6) is 0.140. The van der Waals surface area contributed by atoms with E-state index in [1.54, 1.807) is 6.07 Å². The van der Waals surface area contributed by atoms with Crippen LogP contribution in [0.2, 0.25) is 5.02 Å². The van der Waals surface area contributed by atoms with Gasteiger partial charge in [0.25, 0.3) is 5.91 Å². The average molecular weight is 373 g/mol. The molecule has 0 atom stereocenters. The van der Waals surface area contributed by atoms with E-state index in [1.165, 1.54) is 11.3 Å². The summed E-state index contributed by atoms with van der Waals surface area (Å²) in [4.78, 5) is 21.3. The van der Waals surface area contributed by atoms with Crippen molar-refractivity contribution in [2.75, 3.05) is 5.32 Å². The minimum Gasteiger partial charge on any atom is -0.365 e. The van der Waals surface area contributed by atoms with E-state index in [0.29, 0.717) is 26.5 Å². The molecule has 0 radical (unpaired) electrons. The lowest BCUT2D eigenvalue weighted by molar-refractivity contribution is 0.100. The molecule has 0 fully saturated rings. The van der Waals surface area contributed by atoms with E-state index < -0.39 is 5.91 Å². The van der Waals surface area contributed by atoms with Crippen molar-refractivity contribution >= 4 is 39.8 Å². The Labute approximate surface area is 154 Å². The molecule has 7 heteroatoms. The Morgan fingerprint density at radius 1 is 1.24 bits per heavy atom. The van der Waals surface area contributed by atoms with Crippen LogP contribution in [-0.2, 0) is 6.42 Å². The SMILES string of the molecule is CCc1cccc(Nc2nc(-c3c(C)cccc3Cl)c(C(N)=O)s2)n1. The highest BCUT2D eigenvalue weighted by atomic mass is 35.5. The number of nitrogens with zero attached hydrogens (tertiary/aromatic N) is 2. The van der Waals surface area contributed by atoms with Gasteiger partial charge >= 0.3 is 0 Å². The molecule has 0 saturated carbocycles. The first-order valence-corrected chi connectivity index (χ1v) is 8.98. The number of amides is 1. The van der Waals surface area contributed by atoms with Crippen LogP contribution in [0.25, 0.3) is 11.3 Å². The smallest absolute Gasteiger partial charge is 0.261 e. The summed E-state index contributed by atoms with van der Waals surface area (Å²) in [7, 11) is 0. The third-order valence-corrected chi connectivity index (χ3v) is 5.01. The lowest BCUT2D eigenvalue weighted by atomic mass is 10.0. The average Bonchev–Trinajstić information content (AvgIpc) is 2.98. The van der Waals surface area contributed by atoms with E-state index in [-0.39, 0.29) is 0 Å². The summed E-state index contributed by atoms with van der Waals surface area (Å²) in [6, 6.07) is 11.3. The number of carbonyl (C=O) groups excluding carboxylic acids is 1. The highest BCUT2D eigenvalue weighted by molar-refractivity contribution is 7.18. The van der Waals surface area contributed by atoms with Crippen molar-refractivity contribution in [2.45, 2.75) is 20.3 Å². The normalized spacial score (nSPS) is 10.7.